The van der Waals surface area contributed by atoms with Gasteiger partial charge in [0.2, 0.25) is 0 Å². The average Bonchev–Trinajstić information content (AvgIpc) is 3.27. The van der Waals surface area contributed by atoms with Crippen molar-refractivity contribution in [2.75, 3.05) is 18.5 Å². The number of fused-ring (bicyclic) bond motifs is 3. The fourth-order valence-corrected chi connectivity index (χ4v) is 5.24. The SMILES string of the molecule is CC(C)OC(=O)CCCCCN1C(=O)C(=CC=C2Oc3ccc4ccccc4c3N2C)SC1=S. The first kappa shape index (κ1) is 24.3. The zero-order chi connectivity index (χ0) is 24.2. The number of benzene rings is 2. The Kier molecular flexibility index (Phi) is 7.58. The van der Waals surface area contributed by atoms with Gasteiger partial charge in [0, 0.05) is 31.5 Å². The summed E-state index contributed by atoms with van der Waals surface area (Å²) in [5, 5.41) is 2.27. The molecule has 8 heteroatoms. The van der Waals surface area contributed by atoms with Gasteiger partial charge in [-0.2, -0.15) is 0 Å². The smallest absolute Gasteiger partial charge is 0.306 e. The standard InChI is InChI=1S/C26H28N2O4S2/c1-17(2)31-23(29)11-5-4-8-16-28-25(30)21(34-26(28)33)14-15-22-27(3)24-19-10-7-6-9-18(19)12-13-20(24)32-22/h6-7,9-10,12-15,17H,4-5,8,11,16H2,1-3H3. The summed E-state index contributed by atoms with van der Waals surface area (Å²) in [5.41, 5.74) is 1.02. The minimum Gasteiger partial charge on any atom is -0.463 e. The summed E-state index contributed by atoms with van der Waals surface area (Å²) in [6.07, 6.45) is 6.26. The van der Waals surface area contributed by atoms with Crippen molar-refractivity contribution in [3.05, 3.63) is 59.3 Å². The van der Waals surface area contributed by atoms with Gasteiger partial charge < -0.3 is 14.4 Å². The third-order valence-corrected chi connectivity index (χ3v) is 7.02. The van der Waals surface area contributed by atoms with Crippen LogP contribution in [-0.2, 0) is 14.3 Å². The molecule has 1 saturated heterocycles. The molecule has 0 aliphatic carbocycles. The molecular weight excluding hydrogens is 468 g/mol. The van der Waals surface area contributed by atoms with E-state index in [-0.39, 0.29) is 18.0 Å². The number of anilines is 1. The van der Waals surface area contributed by atoms with Gasteiger partial charge in [0.1, 0.15) is 4.32 Å². The first-order valence-corrected chi connectivity index (χ1v) is 12.7. The second kappa shape index (κ2) is 10.6. The molecule has 0 bridgehead atoms. The summed E-state index contributed by atoms with van der Waals surface area (Å²) in [7, 11) is 1.96. The maximum Gasteiger partial charge on any atom is 0.306 e. The molecule has 34 heavy (non-hydrogen) atoms. The Morgan fingerprint density at radius 3 is 2.74 bits per heavy atom. The highest BCUT2D eigenvalue weighted by atomic mass is 32.2. The van der Waals surface area contributed by atoms with Gasteiger partial charge in [-0.25, -0.2) is 0 Å². The Labute approximate surface area is 209 Å². The number of allylic oxidation sites excluding steroid dienone is 2. The van der Waals surface area contributed by atoms with Crippen LogP contribution in [0.5, 0.6) is 5.75 Å². The summed E-state index contributed by atoms with van der Waals surface area (Å²) >= 11 is 6.74. The first-order valence-electron chi connectivity index (χ1n) is 11.4. The van der Waals surface area contributed by atoms with Crippen LogP contribution in [0.1, 0.15) is 39.5 Å². The van der Waals surface area contributed by atoms with Crippen molar-refractivity contribution < 1.29 is 19.1 Å². The van der Waals surface area contributed by atoms with Crippen molar-refractivity contribution in [3.8, 4) is 5.75 Å². The van der Waals surface area contributed by atoms with Gasteiger partial charge >= 0.3 is 5.97 Å². The van der Waals surface area contributed by atoms with Crippen molar-refractivity contribution in [1.29, 1.82) is 0 Å². The second-order valence-corrected chi connectivity index (χ2v) is 10.2. The van der Waals surface area contributed by atoms with E-state index in [0.29, 0.717) is 28.1 Å². The highest BCUT2D eigenvalue weighted by Gasteiger charge is 2.31. The zero-order valence-electron chi connectivity index (χ0n) is 19.6. The highest BCUT2D eigenvalue weighted by Crippen LogP contribution is 2.43. The van der Waals surface area contributed by atoms with Gasteiger partial charge in [0.15, 0.2) is 11.6 Å². The molecular formula is C26H28N2O4S2. The first-order chi connectivity index (χ1) is 16.3. The van der Waals surface area contributed by atoms with Crippen molar-refractivity contribution in [2.24, 2.45) is 0 Å². The number of amides is 1. The minimum absolute atomic E-state index is 0.0883. The van der Waals surface area contributed by atoms with Crippen molar-refractivity contribution in [3.63, 3.8) is 0 Å². The van der Waals surface area contributed by atoms with E-state index in [0.717, 1.165) is 41.5 Å². The number of rotatable bonds is 8. The predicted molar refractivity (Wildman–Crippen MR) is 141 cm³/mol. The second-order valence-electron chi connectivity index (χ2n) is 8.50. The van der Waals surface area contributed by atoms with Crippen molar-refractivity contribution in [2.45, 2.75) is 45.6 Å². The van der Waals surface area contributed by atoms with Crippen LogP contribution >= 0.6 is 24.0 Å². The summed E-state index contributed by atoms with van der Waals surface area (Å²) < 4.78 is 11.8. The molecule has 2 aromatic carbocycles. The van der Waals surface area contributed by atoms with Gasteiger partial charge in [-0.1, -0.05) is 60.7 Å². The molecule has 1 fully saturated rings. The molecule has 0 saturated carbocycles. The maximum atomic E-state index is 12.9. The van der Waals surface area contributed by atoms with Crippen LogP contribution in [0.2, 0.25) is 0 Å². The number of thioether (sulfide) groups is 1. The lowest BCUT2D eigenvalue weighted by atomic mass is 10.1. The number of carbonyl (C=O) groups is 2. The number of ether oxygens (including phenoxy) is 2. The number of hydrogen-bond donors (Lipinski definition) is 0. The monoisotopic (exact) mass is 496 g/mol. The quantitative estimate of drug-likeness (QED) is 0.199. The van der Waals surface area contributed by atoms with Crippen molar-refractivity contribution in [1.82, 2.24) is 4.90 Å². The van der Waals surface area contributed by atoms with Gasteiger partial charge in [-0.15, -0.1) is 0 Å². The number of hydrogen-bond acceptors (Lipinski definition) is 7. The normalized spacial score (nSPS) is 17.9. The van der Waals surface area contributed by atoms with Crippen LogP contribution in [0.3, 0.4) is 0 Å². The molecule has 0 N–H and O–H groups in total. The molecule has 0 radical (unpaired) electrons. The molecule has 4 rings (SSSR count). The Hall–Kier alpha value is -2.84. The average molecular weight is 497 g/mol. The van der Waals surface area contributed by atoms with E-state index < -0.39 is 0 Å². The Bertz CT molecular complexity index is 1190. The van der Waals surface area contributed by atoms with Gasteiger partial charge in [0.25, 0.3) is 5.91 Å². The van der Waals surface area contributed by atoms with Crippen LogP contribution in [0.15, 0.2) is 59.3 Å². The minimum atomic E-state index is -0.175. The molecule has 0 atom stereocenters. The van der Waals surface area contributed by atoms with E-state index >= 15 is 0 Å². The summed E-state index contributed by atoms with van der Waals surface area (Å²) in [6.45, 7) is 4.23. The summed E-state index contributed by atoms with van der Waals surface area (Å²) in [5.74, 6) is 1.19. The third kappa shape index (κ3) is 5.28. The van der Waals surface area contributed by atoms with E-state index in [1.165, 1.54) is 11.8 Å². The molecule has 2 aliphatic rings. The van der Waals surface area contributed by atoms with E-state index in [9.17, 15) is 9.59 Å². The predicted octanol–water partition coefficient (Wildman–Crippen LogP) is 5.77. The van der Waals surface area contributed by atoms with Crippen LogP contribution in [0.25, 0.3) is 10.8 Å². The maximum absolute atomic E-state index is 12.9. The van der Waals surface area contributed by atoms with E-state index in [1.807, 2.05) is 56.1 Å². The topological polar surface area (TPSA) is 59.1 Å². The molecule has 6 nitrogen and oxygen atoms in total. The fraction of sp³-hybridized carbons (Fsp3) is 0.346. The van der Waals surface area contributed by atoms with Gasteiger partial charge in [0.05, 0.1) is 16.7 Å². The van der Waals surface area contributed by atoms with Gasteiger partial charge in [-0.05, 0) is 44.2 Å². The van der Waals surface area contributed by atoms with E-state index in [2.05, 4.69) is 12.1 Å². The lowest BCUT2D eigenvalue weighted by molar-refractivity contribution is -0.147. The molecule has 2 aromatic rings. The Morgan fingerprint density at radius 2 is 1.94 bits per heavy atom. The molecule has 2 heterocycles. The van der Waals surface area contributed by atoms with Gasteiger partial charge in [-0.3, -0.25) is 14.5 Å². The molecule has 2 aliphatic heterocycles. The third-order valence-electron chi connectivity index (χ3n) is 5.62. The molecule has 0 unspecified atom stereocenters. The van der Waals surface area contributed by atoms with Crippen molar-refractivity contribution >= 4 is 56.6 Å². The number of carbonyl (C=O) groups excluding carboxylic acids is 2. The molecule has 0 aromatic heterocycles. The molecule has 0 spiro atoms. The number of esters is 1. The van der Waals surface area contributed by atoms with E-state index in [4.69, 9.17) is 21.7 Å². The van der Waals surface area contributed by atoms with Crippen LogP contribution in [-0.4, -0.2) is 40.8 Å². The van der Waals surface area contributed by atoms with Crippen LogP contribution in [0, 0.1) is 0 Å². The summed E-state index contributed by atoms with van der Waals surface area (Å²) in [6, 6.07) is 12.2. The van der Waals surface area contributed by atoms with Crippen LogP contribution < -0.4 is 9.64 Å². The lowest BCUT2D eigenvalue weighted by Gasteiger charge is -2.14. The largest absolute Gasteiger partial charge is 0.463 e. The fourth-order valence-electron chi connectivity index (χ4n) is 3.99. The lowest BCUT2D eigenvalue weighted by Crippen LogP contribution is -2.29. The molecule has 1 amide bonds. The highest BCUT2D eigenvalue weighted by molar-refractivity contribution is 8.26. The zero-order valence-corrected chi connectivity index (χ0v) is 21.2. The Balaban J connectivity index is 1.35. The van der Waals surface area contributed by atoms with E-state index in [1.54, 1.807) is 11.0 Å². The molecule has 178 valence electrons. The number of nitrogens with zero attached hydrogens (tertiary/aromatic N) is 2. The Morgan fingerprint density at radius 1 is 1.15 bits per heavy atom. The van der Waals surface area contributed by atoms with Crippen LogP contribution in [0.4, 0.5) is 5.69 Å². The number of unbranched alkanes of at least 4 members (excludes halogenated alkanes) is 2. The summed E-state index contributed by atoms with van der Waals surface area (Å²) in [4.78, 5) is 28.7. The number of thiocarbonyl (C=S) groups is 1.